The Kier molecular flexibility index (Phi) is 3.00. The minimum Gasteiger partial charge on any atom is -0.361 e. The van der Waals surface area contributed by atoms with E-state index in [-0.39, 0.29) is 5.91 Å². The fourth-order valence-corrected chi connectivity index (χ4v) is 1.28. The van der Waals surface area contributed by atoms with Crippen molar-refractivity contribution in [2.24, 2.45) is 0 Å². The highest BCUT2D eigenvalue weighted by molar-refractivity contribution is 5.92. The van der Waals surface area contributed by atoms with Crippen LogP contribution >= 0.6 is 0 Å². The maximum Gasteiger partial charge on any atom is 0.273 e. The summed E-state index contributed by atoms with van der Waals surface area (Å²) >= 11 is 0. The van der Waals surface area contributed by atoms with Crippen molar-refractivity contribution < 1.29 is 9.32 Å². The Morgan fingerprint density at radius 3 is 3.12 bits per heavy atom. The molecule has 2 aromatic heterocycles. The number of rotatable bonds is 4. The lowest BCUT2D eigenvalue weighted by atomic mass is 10.3. The number of aryl methyl sites for hydroxylation is 1. The minimum atomic E-state index is -0.225. The molecule has 6 nitrogen and oxygen atoms in total. The van der Waals surface area contributed by atoms with Crippen LogP contribution < -0.4 is 5.32 Å². The SMILES string of the molecule is Cc1cc(C(=O)NCCn2ccnc2)no1. The summed E-state index contributed by atoms with van der Waals surface area (Å²) in [5.74, 6) is 0.400. The highest BCUT2D eigenvalue weighted by Gasteiger charge is 2.09. The van der Waals surface area contributed by atoms with E-state index < -0.39 is 0 Å². The average Bonchev–Trinajstić information content (AvgIpc) is 2.89. The van der Waals surface area contributed by atoms with Crippen LogP contribution in [0.1, 0.15) is 16.2 Å². The van der Waals surface area contributed by atoms with Gasteiger partial charge in [-0.2, -0.15) is 0 Å². The molecule has 0 saturated heterocycles. The van der Waals surface area contributed by atoms with Gasteiger partial charge >= 0.3 is 0 Å². The molecular formula is C10H12N4O2. The van der Waals surface area contributed by atoms with Crippen molar-refractivity contribution in [2.75, 3.05) is 6.54 Å². The third-order valence-electron chi connectivity index (χ3n) is 2.08. The van der Waals surface area contributed by atoms with Gasteiger partial charge in [-0.1, -0.05) is 5.16 Å². The van der Waals surface area contributed by atoms with E-state index in [4.69, 9.17) is 4.52 Å². The van der Waals surface area contributed by atoms with Crippen LogP contribution in [0.2, 0.25) is 0 Å². The van der Waals surface area contributed by atoms with Crippen molar-refractivity contribution in [3.05, 3.63) is 36.2 Å². The van der Waals surface area contributed by atoms with Gasteiger partial charge in [0.2, 0.25) is 0 Å². The standard InChI is InChI=1S/C10H12N4O2/c1-8-6-9(13-16-8)10(15)12-3-5-14-4-2-11-7-14/h2,4,6-7H,3,5H2,1H3,(H,12,15). The van der Waals surface area contributed by atoms with Crippen LogP contribution in [0.15, 0.2) is 29.3 Å². The molecule has 2 rings (SSSR count). The first-order chi connectivity index (χ1) is 7.75. The van der Waals surface area contributed by atoms with E-state index in [2.05, 4.69) is 15.5 Å². The van der Waals surface area contributed by atoms with E-state index in [0.29, 0.717) is 24.5 Å². The van der Waals surface area contributed by atoms with Gasteiger partial charge < -0.3 is 14.4 Å². The normalized spacial score (nSPS) is 10.3. The molecule has 0 saturated carbocycles. The number of hydrogen-bond donors (Lipinski definition) is 1. The van der Waals surface area contributed by atoms with Crippen LogP contribution in [0.25, 0.3) is 0 Å². The molecule has 0 aromatic carbocycles. The van der Waals surface area contributed by atoms with Crippen molar-refractivity contribution in [2.45, 2.75) is 13.5 Å². The fourth-order valence-electron chi connectivity index (χ4n) is 1.28. The maximum absolute atomic E-state index is 11.5. The quantitative estimate of drug-likeness (QED) is 0.819. The molecule has 16 heavy (non-hydrogen) atoms. The van der Waals surface area contributed by atoms with Crippen molar-refractivity contribution in [1.29, 1.82) is 0 Å². The number of hydrogen-bond acceptors (Lipinski definition) is 4. The topological polar surface area (TPSA) is 73.0 Å². The predicted molar refractivity (Wildman–Crippen MR) is 55.8 cm³/mol. The summed E-state index contributed by atoms with van der Waals surface area (Å²) in [5, 5.41) is 6.37. The van der Waals surface area contributed by atoms with E-state index in [1.165, 1.54) is 0 Å². The van der Waals surface area contributed by atoms with Gasteiger partial charge in [0.25, 0.3) is 5.91 Å². The first-order valence-corrected chi connectivity index (χ1v) is 4.93. The Labute approximate surface area is 92.3 Å². The summed E-state index contributed by atoms with van der Waals surface area (Å²) < 4.78 is 6.70. The van der Waals surface area contributed by atoms with Crippen LogP contribution in [0.5, 0.6) is 0 Å². The van der Waals surface area contributed by atoms with Crippen molar-refractivity contribution in [3.63, 3.8) is 0 Å². The van der Waals surface area contributed by atoms with Gasteiger partial charge in [-0.25, -0.2) is 4.98 Å². The molecule has 0 aliphatic rings. The first-order valence-electron chi connectivity index (χ1n) is 4.93. The molecule has 1 amide bonds. The number of nitrogens with zero attached hydrogens (tertiary/aromatic N) is 3. The Morgan fingerprint density at radius 2 is 2.50 bits per heavy atom. The Bertz CT molecular complexity index is 461. The Hall–Kier alpha value is -2.11. The van der Waals surface area contributed by atoms with Gasteiger partial charge in [-0.15, -0.1) is 0 Å². The second-order valence-electron chi connectivity index (χ2n) is 3.38. The molecule has 2 aromatic rings. The number of aromatic nitrogens is 3. The van der Waals surface area contributed by atoms with Crippen molar-refractivity contribution >= 4 is 5.91 Å². The minimum absolute atomic E-state index is 0.225. The monoisotopic (exact) mass is 220 g/mol. The molecule has 0 spiro atoms. The van der Waals surface area contributed by atoms with E-state index >= 15 is 0 Å². The van der Waals surface area contributed by atoms with Crippen LogP contribution in [0.4, 0.5) is 0 Å². The predicted octanol–water partition coefficient (Wildman–Crippen LogP) is 0.610. The Balaban J connectivity index is 1.80. The zero-order chi connectivity index (χ0) is 11.4. The summed E-state index contributed by atoms with van der Waals surface area (Å²) in [6, 6.07) is 1.60. The van der Waals surface area contributed by atoms with E-state index in [9.17, 15) is 4.79 Å². The third kappa shape index (κ3) is 2.47. The largest absolute Gasteiger partial charge is 0.361 e. The highest BCUT2D eigenvalue weighted by Crippen LogP contribution is 2.00. The number of imidazole rings is 1. The molecule has 0 radical (unpaired) electrons. The van der Waals surface area contributed by atoms with E-state index in [1.807, 2.05) is 10.8 Å². The van der Waals surface area contributed by atoms with Gasteiger partial charge in [0, 0.05) is 31.5 Å². The average molecular weight is 220 g/mol. The molecule has 0 atom stereocenters. The third-order valence-corrected chi connectivity index (χ3v) is 2.08. The molecule has 0 unspecified atom stereocenters. The number of carbonyl (C=O) groups excluding carboxylic acids is 1. The molecular weight excluding hydrogens is 208 g/mol. The summed E-state index contributed by atoms with van der Waals surface area (Å²) in [5.41, 5.74) is 0.308. The first kappa shape index (κ1) is 10.4. The fraction of sp³-hybridized carbons (Fsp3) is 0.300. The number of amides is 1. The summed E-state index contributed by atoms with van der Waals surface area (Å²) in [4.78, 5) is 15.4. The summed E-state index contributed by atoms with van der Waals surface area (Å²) in [7, 11) is 0. The van der Waals surface area contributed by atoms with Crippen molar-refractivity contribution in [3.8, 4) is 0 Å². The van der Waals surface area contributed by atoms with Crippen LogP contribution in [-0.2, 0) is 6.54 Å². The Morgan fingerprint density at radius 1 is 1.62 bits per heavy atom. The van der Waals surface area contributed by atoms with Gasteiger partial charge in [-0.3, -0.25) is 4.79 Å². The zero-order valence-corrected chi connectivity index (χ0v) is 8.88. The van der Waals surface area contributed by atoms with E-state index in [1.54, 1.807) is 25.5 Å². The lowest BCUT2D eigenvalue weighted by molar-refractivity contribution is 0.0943. The number of carbonyl (C=O) groups is 1. The molecule has 84 valence electrons. The smallest absolute Gasteiger partial charge is 0.273 e. The molecule has 0 aliphatic heterocycles. The van der Waals surface area contributed by atoms with Gasteiger partial charge in [0.1, 0.15) is 5.76 Å². The van der Waals surface area contributed by atoms with Crippen LogP contribution in [0, 0.1) is 6.92 Å². The second-order valence-corrected chi connectivity index (χ2v) is 3.38. The summed E-state index contributed by atoms with van der Waals surface area (Å²) in [6.07, 6.45) is 5.24. The molecule has 6 heteroatoms. The highest BCUT2D eigenvalue weighted by atomic mass is 16.5. The molecule has 0 fully saturated rings. The lowest BCUT2D eigenvalue weighted by Crippen LogP contribution is -2.27. The molecule has 0 bridgehead atoms. The van der Waals surface area contributed by atoms with Gasteiger partial charge in [-0.05, 0) is 6.92 Å². The van der Waals surface area contributed by atoms with Crippen LogP contribution in [-0.4, -0.2) is 27.2 Å². The molecule has 1 N–H and O–H groups in total. The van der Waals surface area contributed by atoms with Gasteiger partial charge in [0.05, 0.1) is 6.33 Å². The molecule has 2 heterocycles. The van der Waals surface area contributed by atoms with Gasteiger partial charge in [0.15, 0.2) is 5.69 Å². The second kappa shape index (κ2) is 4.61. The van der Waals surface area contributed by atoms with Crippen molar-refractivity contribution in [1.82, 2.24) is 20.0 Å². The van der Waals surface area contributed by atoms with E-state index in [0.717, 1.165) is 0 Å². The zero-order valence-electron chi connectivity index (χ0n) is 8.88. The summed E-state index contributed by atoms with van der Waals surface area (Å²) in [6.45, 7) is 2.96. The number of nitrogens with one attached hydrogen (secondary N) is 1. The lowest BCUT2D eigenvalue weighted by Gasteiger charge is -2.02. The molecule has 0 aliphatic carbocycles. The maximum atomic E-state index is 11.5. The van der Waals surface area contributed by atoms with Crippen LogP contribution in [0.3, 0.4) is 0 Å².